The van der Waals surface area contributed by atoms with E-state index in [2.05, 4.69) is 10.2 Å². The van der Waals surface area contributed by atoms with Crippen LogP contribution in [0.1, 0.15) is 37.3 Å². The van der Waals surface area contributed by atoms with Crippen LogP contribution in [-0.4, -0.2) is 19.3 Å². The average Bonchev–Trinajstić information content (AvgIpc) is 2.92. The maximum Gasteiger partial charge on any atom is 0.387 e. The number of rotatable bonds is 7. The van der Waals surface area contributed by atoms with Gasteiger partial charge in [-0.2, -0.15) is 8.78 Å². The summed E-state index contributed by atoms with van der Waals surface area (Å²) in [5, 5.41) is 0. The molecule has 2 unspecified atom stereocenters. The quantitative estimate of drug-likeness (QED) is 0.598. The molecule has 0 aliphatic carbocycles. The SMILES string of the molecule is NNC(CCC1CCCO1)c1cccc(OC(F)F)c1. The van der Waals surface area contributed by atoms with Gasteiger partial charge in [0.25, 0.3) is 0 Å². The molecule has 1 aromatic carbocycles. The Bertz CT molecular complexity index is 412. The molecule has 1 aliphatic rings. The third-order valence-corrected chi connectivity index (χ3v) is 3.49. The molecule has 1 heterocycles. The number of hydrazine groups is 1. The van der Waals surface area contributed by atoms with Gasteiger partial charge in [0.15, 0.2) is 0 Å². The van der Waals surface area contributed by atoms with Gasteiger partial charge >= 0.3 is 6.61 Å². The molecule has 1 fully saturated rings. The van der Waals surface area contributed by atoms with E-state index in [-0.39, 0.29) is 17.9 Å². The number of ether oxygens (including phenoxy) is 2. The summed E-state index contributed by atoms with van der Waals surface area (Å²) in [6, 6.07) is 6.53. The van der Waals surface area contributed by atoms with Crippen LogP contribution in [0.5, 0.6) is 5.75 Å². The van der Waals surface area contributed by atoms with Gasteiger partial charge < -0.3 is 9.47 Å². The van der Waals surface area contributed by atoms with Crippen LogP contribution in [0.15, 0.2) is 24.3 Å². The van der Waals surface area contributed by atoms with E-state index >= 15 is 0 Å². The molecule has 1 aromatic rings. The second kappa shape index (κ2) is 7.52. The van der Waals surface area contributed by atoms with Gasteiger partial charge in [0, 0.05) is 12.6 Å². The van der Waals surface area contributed by atoms with E-state index in [4.69, 9.17) is 10.6 Å². The van der Waals surface area contributed by atoms with Crippen LogP contribution in [0, 0.1) is 0 Å². The largest absolute Gasteiger partial charge is 0.435 e. The van der Waals surface area contributed by atoms with Gasteiger partial charge in [0.2, 0.25) is 0 Å². The van der Waals surface area contributed by atoms with Crippen molar-refractivity contribution in [3.63, 3.8) is 0 Å². The summed E-state index contributed by atoms with van der Waals surface area (Å²) >= 11 is 0. The molecular formula is C14H20F2N2O2. The Kier molecular flexibility index (Phi) is 5.70. The first kappa shape index (κ1) is 15.2. The third kappa shape index (κ3) is 4.40. The number of hydrogen-bond donors (Lipinski definition) is 2. The number of benzene rings is 1. The first-order valence-corrected chi connectivity index (χ1v) is 6.81. The summed E-state index contributed by atoms with van der Waals surface area (Å²) in [6.07, 6.45) is 4.15. The van der Waals surface area contributed by atoms with Crippen LogP contribution >= 0.6 is 0 Å². The maximum absolute atomic E-state index is 12.2. The number of nitrogens with one attached hydrogen (secondary N) is 1. The average molecular weight is 286 g/mol. The maximum atomic E-state index is 12.2. The van der Waals surface area contributed by atoms with E-state index < -0.39 is 6.61 Å². The van der Waals surface area contributed by atoms with E-state index in [0.717, 1.165) is 37.9 Å². The molecule has 0 saturated carbocycles. The van der Waals surface area contributed by atoms with Crippen LogP contribution in [0.2, 0.25) is 0 Å². The fraction of sp³-hybridized carbons (Fsp3) is 0.571. The lowest BCUT2D eigenvalue weighted by Gasteiger charge is -2.19. The molecule has 0 spiro atoms. The summed E-state index contributed by atoms with van der Waals surface area (Å²) in [4.78, 5) is 0. The zero-order valence-electron chi connectivity index (χ0n) is 11.2. The van der Waals surface area contributed by atoms with Gasteiger partial charge in [0.1, 0.15) is 5.75 Å². The van der Waals surface area contributed by atoms with E-state index in [1.165, 1.54) is 6.07 Å². The Labute approximate surface area is 117 Å². The molecule has 3 N–H and O–H groups in total. The molecule has 6 heteroatoms. The Hall–Kier alpha value is -1.24. The Balaban J connectivity index is 1.95. The predicted octanol–water partition coefficient (Wildman–Crippen LogP) is 2.75. The lowest BCUT2D eigenvalue weighted by Crippen LogP contribution is -2.28. The molecule has 1 saturated heterocycles. The highest BCUT2D eigenvalue weighted by Crippen LogP contribution is 2.26. The normalized spacial score (nSPS) is 20.3. The topological polar surface area (TPSA) is 56.5 Å². The summed E-state index contributed by atoms with van der Waals surface area (Å²) < 4.78 is 34.4. The van der Waals surface area contributed by atoms with E-state index in [9.17, 15) is 8.78 Å². The molecular weight excluding hydrogens is 266 g/mol. The van der Waals surface area contributed by atoms with Crippen molar-refractivity contribution in [2.75, 3.05) is 6.61 Å². The lowest BCUT2D eigenvalue weighted by molar-refractivity contribution is -0.0499. The standard InChI is InChI=1S/C14H20F2N2O2/c15-14(16)20-12-4-1-3-10(9-12)13(18-17)7-6-11-5-2-8-19-11/h1,3-4,9,11,13-14,18H,2,5-8,17H2. The van der Waals surface area contributed by atoms with Crippen molar-refractivity contribution in [2.24, 2.45) is 5.84 Å². The summed E-state index contributed by atoms with van der Waals surface area (Å²) in [5.41, 5.74) is 3.56. The van der Waals surface area contributed by atoms with Gasteiger partial charge in [-0.05, 0) is 43.4 Å². The molecule has 0 amide bonds. The smallest absolute Gasteiger partial charge is 0.387 e. The van der Waals surface area contributed by atoms with Crippen LogP contribution in [0.25, 0.3) is 0 Å². The second-order valence-corrected chi connectivity index (χ2v) is 4.88. The third-order valence-electron chi connectivity index (χ3n) is 3.49. The molecule has 0 aromatic heterocycles. The van der Waals surface area contributed by atoms with Crippen LogP contribution < -0.4 is 16.0 Å². The van der Waals surface area contributed by atoms with E-state index in [1.54, 1.807) is 12.1 Å². The van der Waals surface area contributed by atoms with Crippen LogP contribution in [0.3, 0.4) is 0 Å². The van der Waals surface area contributed by atoms with Crippen LogP contribution in [0.4, 0.5) is 8.78 Å². The van der Waals surface area contributed by atoms with Crippen molar-refractivity contribution >= 4 is 0 Å². The number of hydrogen-bond acceptors (Lipinski definition) is 4. The zero-order chi connectivity index (χ0) is 14.4. The van der Waals surface area contributed by atoms with Gasteiger partial charge in [-0.15, -0.1) is 0 Å². The van der Waals surface area contributed by atoms with Crippen LogP contribution in [-0.2, 0) is 4.74 Å². The van der Waals surface area contributed by atoms with Gasteiger partial charge in [0.05, 0.1) is 6.10 Å². The van der Waals surface area contributed by atoms with Gasteiger partial charge in [-0.1, -0.05) is 12.1 Å². The van der Waals surface area contributed by atoms with Crippen molar-refractivity contribution in [3.05, 3.63) is 29.8 Å². The highest BCUT2D eigenvalue weighted by Gasteiger charge is 2.18. The minimum atomic E-state index is -2.82. The number of halogens is 2. The highest BCUT2D eigenvalue weighted by atomic mass is 19.3. The van der Waals surface area contributed by atoms with Crippen molar-refractivity contribution in [1.29, 1.82) is 0 Å². The lowest BCUT2D eigenvalue weighted by atomic mass is 9.99. The molecule has 20 heavy (non-hydrogen) atoms. The summed E-state index contributed by atoms with van der Waals surface area (Å²) in [6.45, 7) is -2.00. The zero-order valence-corrected chi connectivity index (χ0v) is 11.2. The van der Waals surface area contributed by atoms with Crippen molar-refractivity contribution in [1.82, 2.24) is 5.43 Å². The number of alkyl halides is 2. The van der Waals surface area contributed by atoms with E-state index in [1.807, 2.05) is 6.07 Å². The Morgan fingerprint density at radius 1 is 1.45 bits per heavy atom. The molecule has 1 aliphatic heterocycles. The monoisotopic (exact) mass is 286 g/mol. The summed E-state index contributed by atoms with van der Waals surface area (Å²) in [7, 11) is 0. The van der Waals surface area contributed by atoms with Crippen molar-refractivity contribution in [2.45, 2.75) is 44.4 Å². The van der Waals surface area contributed by atoms with Gasteiger partial charge in [-0.25, -0.2) is 0 Å². The highest BCUT2D eigenvalue weighted by molar-refractivity contribution is 5.30. The minimum absolute atomic E-state index is 0.0968. The molecule has 2 rings (SSSR count). The molecule has 112 valence electrons. The van der Waals surface area contributed by atoms with Crippen molar-refractivity contribution in [3.8, 4) is 5.75 Å². The minimum Gasteiger partial charge on any atom is -0.435 e. The molecule has 0 bridgehead atoms. The van der Waals surface area contributed by atoms with E-state index in [0.29, 0.717) is 0 Å². The number of nitrogens with two attached hydrogens (primary N) is 1. The predicted molar refractivity (Wildman–Crippen MR) is 71.3 cm³/mol. The van der Waals surface area contributed by atoms with Gasteiger partial charge in [-0.3, -0.25) is 11.3 Å². The molecule has 2 atom stereocenters. The first-order chi connectivity index (χ1) is 9.69. The second-order valence-electron chi connectivity index (χ2n) is 4.88. The molecule has 0 radical (unpaired) electrons. The van der Waals surface area contributed by atoms with Crippen molar-refractivity contribution < 1.29 is 18.3 Å². The fourth-order valence-electron chi connectivity index (χ4n) is 2.48. The first-order valence-electron chi connectivity index (χ1n) is 6.81. The fourth-order valence-corrected chi connectivity index (χ4v) is 2.48. The Morgan fingerprint density at radius 3 is 2.95 bits per heavy atom. The molecule has 4 nitrogen and oxygen atoms in total. The summed E-state index contributed by atoms with van der Waals surface area (Å²) in [5.74, 6) is 5.71. The Morgan fingerprint density at radius 2 is 2.30 bits per heavy atom.